The number of benzene rings is 1. The average molecular weight is 251 g/mol. The molecule has 1 aromatic rings. The third-order valence-electron chi connectivity index (χ3n) is 3.58. The summed E-state index contributed by atoms with van der Waals surface area (Å²) in [7, 11) is 1.62. The number of hydrogen-bond donors (Lipinski definition) is 1. The topological polar surface area (TPSA) is 51.2 Å². The van der Waals surface area contributed by atoms with E-state index in [4.69, 9.17) is 14.2 Å². The van der Waals surface area contributed by atoms with Gasteiger partial charge < -0.3 is 19.3 Å². The van der Waals surface area contributed by atoms with Crippen LogP contribution in [-0.4, -0.2) is 37.0 Å². The molecule has 0 saturated carbocycles. The van der Waals surface area contributed by atoms with E-state index < -0.39 is 6.10 Å². The number of ether oxygens (including phenoxy) is 3. The third-order valence-corrected chi connectivity index (χ3v) is 3.58. The number of β-amino-alcohol motifs (C(OH)–C–C–N with tert-alkyl or cyclic N) is 1. The normalized spacial score (nSPS) is 21.8. The summed E-state index contributed by atoms with van der Waals surface area (Å²) in [4.78, 5) is 2.18. The van der Waals surface area contributed by atoms with Gasteiger partial charge >= 0.3 is 0 Å². The van der Waals surface area contributed by atoms with Gasteiger partial charge in [0.2, 0.25) is 12.5 Å². The van der Waals surface area contributed by atoms with Gasteiger partial charge in [-0.05, 0) is 18.2 Å². The summed E-state index contributed by atoms with van der Waals surface area (Å²) in [5, 5.41) is 10.2. The highest BCUT2D eigenvalue weighted by Crippen LogP contribution is 2.48. The monoisotopic (exact) mass is 251 g/mol. The molecule has 0 bridgehead atoms. The van der Waals surface area contributed by atoms with Gasteiger partial charge in [-0.3, -0.25) is 4.90 Å². The van der Waals surface area contributed by atoms with E-state index in [1.54, 1.807) is 7.11 Å². The van der Waals surface area contributed by atoms with E-state index in [2.05, 4.69) is 11.8 Å². The largest absolute Gasteiger partial charge is 0.492 e. The van der Waals surface area contributed by atoms with E-state index >= 15 is 0 Å². The lowest BCUT2D eigenvalue weighted by atomic mass is 9.95. The second-order valence-electron chi connectivity index (χ2n) is 4.55. The van der Waals surface area contributed by atoms with Crippen LogP contribution in [-0.2, 0) is 6.54 Å². The van der Waals surface area contributed by atoms with E-state index in [9.17, 15) is 5.11 Å². The molecule has 0 aliphatic carbocycles. The first-order chi connectivity index (χ1) is 8.74. The molecule has 18 heavy (non-hydrogen) atoms. The molecule has 0 aromatic heterocycles. The summed E-state index contributed by atoms with van der Waals surface area (Å²) < 4.78 is 16.3. The van der Waals surface area contributed by atoms with Gasteiger partial charge in [-0.15, -0.1) is 0 Å². The van der Waals surface area contributed by atoms with Crippen LogP contribution in [0.4, 0.5) is 0 Å². The SMILES string of the molecule is CCN1Cc2c(cc3c(c2OC)OCO3)C(O)C1. The molecule has 1 unspecified atom stereocenters. The van der Waals surface area contributed by atoms with Gasteiger partial charge in [-0.25, -0.2) is 0 Å². The van der Waals surface area contributed by atoms with Crippen LogP contribution in [0.15, 0.2) is 6.07 Å². The van der Waals surface area contributed by atoms with Crippen LogP contribution >= 0.6 is 0 Å². The van der Waals surface area contributed by atoms with Gasteiger partial charge in [0.05, 0.1) is 13.2 Å². The predicted octanol–water partition coefficient (Wildman–Crippen LogP) is 1.29. The van der Waals surface area contributed by atoms with Gasteiger partial charge in [-0.1, -0.05) is 6.92 Å². The highest BCUT2D eigenvalue weighted by Gasteiger charge is 2.31. The van der Waals surface area contributed by atoms with Crippen molar-refractivity contribution < 1.29 is 19.3 Å². The zero-order valence-corrected chi connectivity index (χ0v) is 10.6. The summed E-state index contributed by atoms with van der Waals surface area (Å²) in [5.41, 5.74) is 1.89. The van der Waals surface area contributed by atoms with Gasteiger partial charge in [0.1, 0.15) is 0 Å². The van der Waals surface area contributed by atoms with Gasteiger partial charge in [0.15, 0.2) is 11.5 Å². The Labute approximate surface area is 106 Å². The van der Waals surface area contributed by atoms with Crippen LogP contribution in [0.1, 0.15) is 24.2 Å². The van der Waals surface area contributed by atoms with Crippen molar-refractivity contribution in [3.8, 4) is 17.2 Å². The maximum absolute atomic E-state index is 10.2. The first kappa shape index (κ1) is 11.6. The summed E-state index contributed by atoms with van der Waals surface area (Å²) >= 11 is 0. The van der Waals surface area contributed by atoms with Gasteiger partial charge in [-0.2, -0.15) is 0 Å². The van der Waals surface area contributed by atoms with Crippen molar-refractivity contribution in [2.45, 2.75) is 19.6 Å². The molecule has 1 N–H and O–H groups in total. The Morgan fingerprint density at radius 1 is 1.50 bits per heavy atom. The van der Waals surface area contributed by atoms with Crippen LogP contribution in [0.3, 0.4) is 0 Å². The Bertz CT molecular complexity index is 475. The standard InChI is InChI=1S/C13H17NO4/c1-3-14-5-9-8(10(15)6-14)4-11-13(12(9)16-2)18-7-17-11/h4,10,15H,3,5-7H2,1-2H3. The van der Waals surface area contributed by atoms with Crippen molar-refractivity contribution in [2.24, 2.45) is 0 Å². The lowest BCUT2D eigenvalue weighted by Gasteiger charge is -2.32. The summed E-state index contributed by atoms with van der Waals surface area (Å²) in [6.07, 6.45) is -0.503. The Balaban J connectivity index is 2.13. The number of aliphatic hydroxyl groups is 1. The molecular weight excluding hydrogens is 234 g/mol. The molecule has 3 rings (SSSR count). The highest BCUT2D eigenvalue weighted by atomic mass is 16.7. The first-order valence-corrected chi connectivity index (χ1v) is 6.14. The van der Waals surface area contributed by atoms with Crippen LogP contribution in [0.2, 0.25) is 0 Å². The van der Waals surface area contributed by atoms with Crippen molar-refractivity contribution in [1.82, 2.24) is 4.90 Å². The number of aliphatic hydroxyl groups excluding tert-OH is 1. The molecule has 0 radical (unpaired) electrons. The molecule has 0 saturated heterocycles. The minimum Gasteiger partial charge on any atom is -0.492 e. The quantitative estimate of drug-likeness (QED) is 0.858. The summed E-state index contributed by atoms with van der Waals surface area (Å²) in [6, 6.07) is 1.87. The van der Waals surface area contributed by atoms with Crippen molar-refractivity contribution >= 4 is 0 Å². The molecule has 0 amide bonds. The molecule has 5 nitrogen and oxygen atoms in total. The molecule has 98 valence electrons. The fourth-order valence-corrected chi connectivity index (χ4v) is 2.62. The first-order valence-electron chi connectivity index (χ1n) is 6.14. The molecule has 1 aromatic carbocycles. The van der Waals surface area contributed by atoms with Crippen molar-refractivity contribution in [1.29, 1.82) is 0 Å². The number of rotatable bonds is 2. The molecule has 0 fully saturated rings. The molecule has 0 spiro atoms. The Morgan fingerprint density at radius 2 is 2.33 bits per heavy atom. The maximum atomic E-state index is 10.2. The maximum Gasteiger partial charge on any atom is 0.231 e. The van der Waals surface area contributed by atoms with Crippen molar-refractivity contribution in [3.05, 3.63) is 17.2 Å². The van der Waals surface area contributed by atoms with E-state index in [1.807, 2.05) is 6.07 Å². The zero-order chi connectivity index (χ0) is 12.7. The molecule has 2 aliphatic rings. The molecule has 1 atom stereocenters. The Morgan fingerprint density at radius 3 is 3.06 bits per heavy atom. The van der Waals surface area contributed by atoms with Crippen LogP contribution in [0.5, 0.6) is 17.2 Å². The number of hydrogen-bond acceptors (Lipinski definition) is 5. The predicted molar refractivity (Wildman–Crippen MR) is 65.0 cm³/mol. The number of nitrogens with zero attached hydrogens (tertiary/aromatic N) is 1. The third kappa shape index (κ3) is 1.62. The van der Waals surface area contributed by atoms with Crippen LogP contribution in [0, 0.1) is 0 Å². The smallest absolute Gasteiger partial charge is 0.231 e. The fraction of sp³-hybridized carbons (Fsp3) is 0.538. The van der Waals surface area contributed by atoms with Crippen LogP contribution in [0.25, 0.3) is 0 Å². The minimum atomic E-state index is -0.503. The molecule has 5 heteroatoms. The lowest BCUT2D eigenvalue weighted by Crippen LogP contribution is -2.33. The Kier molecular flexibility index (Phi) is 2.80. The average Bonchev–Trinajstić information content (AvgIpc) is 2.84. The van der Waals surface area contributed by atoms with E-state index in [0.29, 0.717) is 23.8 Å². The highest BCUT2D eigenvalue weighted by molar-refractivity contribution is 5.61. The van der Waals surface area contributed by atoms with E-state index in [0.717, 1.165) is 24.2 Å². The number of likely N-dealkylation sites (N-methyl/N-ethyl adjacent to an activating group) is 1. The minimum absolute atomic E-state index is 0.210. The molecule has 2 aliphatic heterocycles. The molecule has 2 heterocycles. The van der Waals surface area contributed by atoms with E-state index in [1.165, 1.54) is 0 Å². The second kappa shape index (κ2) is 4.33. The van der Waals surface area contributed by atoms with Crippen molar-refractivity contribution in [2.75, 3.05) is 27.0 Å². The Hall–Kier alpha value is -1.46. The van der Waals surface area contributed by atoms with Crippen molar-refractivity contribution in [3.63, 3.8) is 0 Å². The number of methoxy groups -OCH3 is 1. The van der Waals surface area contributed by atoms with E-state index in [-0.39, 0.29) is 6.79 Å². The number of fused-ring (bicyclic) bond motifs is 2. The molecular formula is C13H17NO4. The summed E-state index contributed by atoms with van der Waals surface area (Å²) in [6.45, 7) is 4.60. The van der Waals surface area contributed by atoms with Gasteiger partial charge in [0, 0.05) is 18.7 Å². The van der Waals surface area contributed by atoms with Gasteiger partial charge in [0.25, 0.3) is 0 Å². The zero-order valence-electron chi connectivity index (χ0n) is 10.6. The van der Waals surface area contributed by atoms with Crippen LogP contribution < -0.4 is 14.2 Å². The lowest BCUT2D eigenvalue weighted by molar-refractivity contribution is 0.0942. The fourth-order valence-electron chi connectivity index (χ4n) is 2.62. The summed E-state index contributed by atoms with van der Waals surface area (Å²) in [5.74, 6) is 2.01. The second-order valence-corrected chi connectivity index (χ2v) is 4.55.